The van der Waals surface area contributed by atoms with Gasteiger partial charge in [-0.3, -0.25) is 9.97 Å². The summed E-state index contributed by atoms with van der Waals surface area (Å²) in [6, 6.07) is 20.7. The maximum atomic E-state index is 6.32. The van der Waals surface area contributed by atoms with Crippen molar-refractivity contribution < 1.29 is 0 Å². The number of allylic oxidation sites excluding steroid dienone is 1. The molecule has 40 heavy (non-hydrogen) atoms. The minimum atomic E-state index is 0.487. The number of aromatic amines is 1. The summed E-state index contributed by atoms with van der Waals surface area (Å²) in [6.45, 7) is 7.59. The van der Waals surface area contributed by atoms with Crippen molar-refractivity contribution in [2.45, 2.75) is 26.4 Å². The first kappa shape index (κ1) is 25.6. The lowest BCUT2D eigenvalue weighted by Crippen LogP contribution is -2.12. The highest BCUT2D eigenvalue weighted by atomic mass is 32.1. The van der Waals surface area contributed by atoms with Gasteiger partial charge in [0, 0.05) is 65.9 Å². The molecule has 0 radical (unpaired) electrons. The van der Waals surface area contributed by atoms with Crippen LogP contribution in [0.5, 0.6) is 0 Å². The summed E-state index contributed by atoms with van der Waals surface area (Å²) in [4.78, 5) is 24.2. The highest BCUT2D eigenvalue weighted by molar-refractivity contribution is 7.16. The molecule has 5 heterocycles. The Balaban J connectivity index is 1.22. The van der Waals surface area contributed by atoms with Gasteiger partial charge in [0.05, 0.1) is 10.4 Å². The molecule has 0 unspecified atom stereocenters. The molecule has 5 aromatic heterocycles. The van der Waals surface area contributed by atoms with Crippen LogP contribution >= 0.6 is 11.3 Å². The molecule has 7 nitrogen and oxygen atoms in total. The van der Waals surface area contributed by atoms with E-state index in [1.807, 2.05) is 37.6 Å². The van der Waals surface area contributed by atoms with E-state index in [4.69, 9.17) is 10.7 Å². The maximum absolute atomic E-state index is 6.32. The van der Waals surface area contributed by atoms with Crippen LogP contribution in [0, 0.1) is 0 Å². The average molecular weight is 544 g/mol. The van der Waals surface area contributed by atoms with Gasteiger partial charge < -0.3 is 16.0 Å². The number of H-pyrrole nitrogens is 1. The van der Waals surface area contributed by atoms with Gasteiger partial charge in [-0.25, -0.2) is 9.97 Å². The van der Waals surface area contributed by atoms with E-state index in [0.717, 1.165) is 73.2 Å². The highest BCUT2D eigenvalue weighted by Gasteiger charge is 2.15. The second-order valence-corrected chi connectivity index (χ2v) is 10.9. The summed E-state index contributed by atoms with van der Waals surface area (Å²) in [5, 5.41) is 3.49. The molecule has 6 aromatic rings. The third-order valence-electron chi connectivity index (χ3n) is 6.70. The lowest BCUT2D eigenvalue weighted by Gasteiger charge is -2.09. The molecule has 0 saturated carbocycles. The molecule has 0 aliphatic carbocycles. The van der Waals surface area contributed by atoms with Crippen LogP contribution in [-0.4, -0.2) is 24.9 Å². The minimum Gasteiger partial charge on any atom is -0.383 e. The molecule has 1 aromatic carbocycles. The van der Waals surface area contributed by atoms with Gasteiger partial charge in [-0.2, -0.15) is 0 Å². The molecule has 198 valence electrons. The van der Waals surface area contributed by atoms with Gasteiger partial charge >= 0.3 is 0 Å². The number of nitrogens with two attached hydrogens (primary N) is 1. The third-order valence-corrected chi connectivity index (χ3v) is 7.95. The molecule has 4 N–H and O–H groups in total. The quantitative estimate of drug-likeness (QED) is 0.189. The van der Waals surface area contributed by atoms with Gasteiger partial charge in [-0.05, 0) is 54.0 Å². The van der Waals surface area contributed by atoms with E-state index in [9.17, 15) is 0 Å². The summed E-state index contributed by atoms with van der Waals surface area (Å²) in [7, 11) is 0. The molecule has 0 saturated heterocycles. The maximum Gasteiger partial charge on any atom is 0.127 e. The number of thiophene rings is 1. The predicted octanol–water partition coefficient (Wildman–Crippen LogP) is 6.64. The van der Waals surface area contributed by atoms with E-state index in [-0.39, 0.29) is 0 Å². The van der Waals surface area contributed by atoms with Crippen LogP contribution < -0.4 is 11.1 Å². The van der Waals surface area contributed by atoms with Crippen molar-refractivity contribution in [1.82, 2.24) is 30.2 Å². The largest absolute Gasteiger partial charge is 0.383 e. The summed E-state index contributed by atoms with van der Waals surface area (Å²) in [6.07, 6.45) is 7.88. The van der Waals surface area contributed by atoms with E-state index >= 15 is 0 Å². The lowest BCUT2D eigenvalue weighted by molar-refractivity contribution is 0.691. The first-order chi connectivity index (χ1) is 19.5. The molecular weight excluding hydrogens is 514 g/mol. The standard InChI is InChI=1S/C32H29N7S/c1-20(2)27-8-9-28(40-27)31-30-26(10-11-36-31)38-29(39-30)14-23-13-25(19-37-32(23)33)24-12-22(17-35-18-24)16-34-15-21-6-4-3-5-7-21/h3-13,17-19,34H,1,14-16H2,2H3,(H2,33,37)(H,38,39). The average Bonchev–Trinajstić information content (AvgIpc) is 3.62. The molecule has 0 atom stereocenters. The van der Waals surface area contributed by atoms with Gasteiger partial charge in [-0.15, -0.1) is 11.3 Å². The van der Waals surface area contributed by atoms with Crippen LogP contribution in [0.2, 0.25) is 0 Å². The molecule has 0 spiro atoms. The Hall–Kier alpha value is -4.66. The summed E-state index contributed by atoms with van der Waals surface area (Å²) < 4.78 is 0. The monoisotopic (exact) mass is 543 g/mol. The zero-order valence-corrected chi connectivity index (χ0v) is 23.0. The number of aromatic nitrogens is 5. The summed E-state index contributed by atoms with van der Waals surface area (Å²) >= 11 is 1.67. The Bertz CT molecular complexity index is 1800. The fourth-order valence-corrected chi connectivity index (χ4v) is 5.56. The molecule has 0 bridgehead atoms. The van der Waals surface area contributed by atoms with Crippen molar-refractivity contribution in [3.63, 3.8) is 0 Å². The molecule has 8 heteroatoms. The van der Waals surface area contributed by atoms with Crippen LogP contribution in [0.25, 0.3) is 38.3 Å². The second-order valence-electron chi connectivity index (χ2n) is 9.80. The number of nitrogens with zero attached hydrogens (tertiary/aromatic N) is 4. The Labute approximate surface area is 236 Å². The minimum absolute atomic E-state index is 0.487. The van der Waals surface area contributed by atoms with E-state index < -0.39 is 0 Å². The molecular formula is C32H29N7S. The molecule has 6 rings (SSSR count). The topological polar surface area (TPSA) is 105 Å². The SMILES string of the molecule is C=C(C)c1ccc(-c2nccc3[nH]c(Cc4cc(-c5cncc(CNCc6ccccc6)c5)cnc4N)nc23)s1. The smallest absolute Gasteiger partial charge is 0.127 e. The number of anilines is 1. The van der Waals surface area contributed by atoms with E-state index in [1.165, 1.54) is 5.56 Å². The van der Waals surface area contributed by atoms with Gasteiger partial charge in [0.15, 0.2) is 0 Å². The first-order valence-electron chi connectivity index (χ1n) is 13.1. The number of imidazole rings is 1. The zero-order valence-electron chi connectivity index (χ0n) is 22.2. The van der Waals surface area contributed by atoms with Crippen LogP contribution in [-0.2, 0) is 19.5 Å². The molecule has 0 aliphatic rings. The van der Waals surface area contributed by atoms with Gasteiger partial charge in [-0.1, -0.05) is 36.9 Å². The van der Waals surface area contributed by atoms with Crippen molar-refractivity contribution in [3.05, 3.63) is 119 Å². The highest BCUT2D eigenvalue weighted by Crippen LogP contribution is 2.34. The lowest BCUT2D eigenvalue weighted by atomic mass is 10.0. The summed E-state index contributed by atoms with van der Waals surface area (Å²) in [5.41, 5.74) is 15.2. The van der Waals surface area contributed by atoms with Crippen molar-refractivity contribution in [2.24, 2.45) is 0 Å². The van der Waals surface area contributed by atoms with E-state index in [2.05, 4.69) is 80.4 Å². The van der Waals surface area contributed by atoms with E-state index in [1.54, 1.807) is 17.5 Å². The Morgan fingerprint density at radius 3 is 2.60 bits per heavy atom. The van der Waals surface area contributed by atoms with Gasteiger partial charge in [0.2, 0.25) is 0 Å². The van der Waals surface area contributed by atoms with Crippen molar-refractivity contribution in [1.29, 1.82) is 0 Å². The van der Waals surface area contributed by atoms with Crippen molar-refractivity contribution in [2.75, 3.05) is 5.73 Å². The number of fused-ring (bicyclic) bond motifs is 1. The number of hydrogen-bond donors (Lipinski definition) is 3. The van der Waals surface area contributed by atoms with Gasteiger partial charge in [0.1, 0.15) is 22.9 Å². The second kappa shape index (κ2) is 11.2. The fraction of sp³-hybridized carbons (Fsp3) is 0.125. The summed E-state index contributed by atoms with van der Waals surface area (Å²) in [5.74, 6) is 1.30. The normalized spacial score (nSPS) is 11.2. The number of rotatable bonds is 9. The van der Waals surface area contributed by atoms with Crippen molar-refractivity contribution >= 4 is 33.8 Å². The van der Waals surface area contributed by atoms with Crippen LogP contribution in [0.3, 0.4) is 0 Å². The van der Waals surface area contributed by atoms with Crippen LogP contribution in [0.1, 0.15) is 34.3 Å². The van der Waals surface area contributed by atoms with Crippen molar-refractivity contribution in [3.8, 4) is 21.7 Å². The molecule has 0 aliphatic heterocycles. The Kier molecular flexibility index (Phi) is 7.18. The van der Waals surface area contributed by atoms with Gasteiger partial charge in [0.25, 0.3) is 0 Å². The number of nitrogens with one attached hydrogen (secondary N) is 2. The number of hydrogen-bond acceptors (Lipinski definition) is 7. The first-order valence-corrected chi connectivity index (χ1v) is 13.9. The predicted molar refractivity (Wildman–Crippen MR) is 164 cm³/mol. The number of nitrogen functional groups attached to an aromatic ring is 1. The Morgan fingerprint density at radius 1 is 0.950 bits per heavy atom. The third kappa shape index (κ3) is 5.54. The molecule has 0 amide bonds. The fourth-order valence-electron chi connectivity index (χ4n) is 4.63. The number of pyridine rings is 3. The van der Waals surface area contributed by atoms with Crippen LogP contribution in [0.4, 0.5) is 5.82 Å². The Morgan fingerprint density at radius 2 is 1.77 bits per heavy atom. The van der Waals surface area contributed by atoms with E-state index in [0.29, 0.717) is 12.2 Å². The zero-order chi connectivity index (χ0) is 27.5. The molecule has 0 fully saturated rings. The number of benzene rings is 1. The van der Waals surface area contributed by atoms with Crippen LogP contribution in [0.15, 0.2) is 92.0 Å².